The Hall–Kier alpha value is -0.120. The van der Waals surface area contributed by atoms with E-state index < -0.39 is 0 Å². The van der Waals surface area contributed by atoms with Gasteiger partial charge in [0.05, 0.1) is 19.3 Å². The lowest BCUT2D eigenvalue weighted by Crippen LogP contribution is -2.52. The molecule has 1 saturated heterocycles. The van der Waals surface area contributed by atoms with Crippen molar-refractivity contribution in [1.29, 1.82) is 0 Å². The third-order valence-electron chi connectivity index (χ3n) is 9.49. The van der Waals surface area contributed by atoms with Gasteiger partial charge >= 0.3 is 0 Å². The number of aliphatic hydroxyl groups is 1. The van der Waals surface area contributed by atoms with Crippen molar-refractivity contribution in [2.24, 2.45) is 40.9 Å². The molecule has 0 bridgehead atoms. The largest absolute Gasteiger partial charge is 0.393 e. The molecule has 4 saturated carbocycles. The molecular weight excluding hydrogens is 312 g/mol. The summed E-state index contributed by atoms with van der Waals surface area (Å²) in [5.41, 5.74) is 0.495. The Morgan fingerprint density at radius 3 is 2.20 bits per heavy atom. The summed E-state index contributed by atoms with van der Waals surface area (Å²) in [4.78, 5) is 0. The SMILES string of the molecule is CC1([C@H]2CCC3C4CC[C@@H]5C[C@@H](O)CC[C@]5(C)C4CC[C@@H]32)OCCO1. The van der Waals surface area contributed by atoms with E-state index in [1.54, 1.807) is 0 Å². The van der Waals surface area contributed by atoms with E-state index in [4.69, 9.17) is 9.47 Å². The van der Waals surface area contributed by atoms with E-state index in [1.807, 2.05) is 0 Å². The molecule has 0 radical (unpaired) electrons. The monoisotopic (exact) mass is 348 g/mol. The maximum Gasteiger partial charge on any atom is 0.168 e. The lowest BCUT2D eigenvalue weighted by atomic mass is 9.47. The van der Waals surface area contributed by atoms with Gasteiger partial charge in [-0.25, -0.2) is 0 Å². The molecule has 1 aliphatic heterocycles. The third kappa shape index (κ3) is 2.48. The zero-order valence-electron chi connectivity index (χ0n) is 16.1. The van der Waals surface area contributed by atoms with Gasteiger partial charge in [0.2, 0.25) is 0 Å². The van der Waals surface area contributed by atoms with Crippen molar-refractivity contribution in [2.45, 2.75) is 83.5 Å². The van der Waals surface area contributed by atoms with Gasteiger partial charge in [-0.1, -0.05) is 6.92 Å². The molecule has 25 heavy (non-hydrogen) atoms. The van der Waals surface area contributed by atoms with Crippen LogP contribution >= 0.6 is 0 Å². The van der Waals surface area contributed by atoms with Gasteiger partial charge in [-0.05, 0) is 99.7 Å². The second-order valence-electron chi connectivity index (χ2n) is 10.3. The molecule has 1 heterocycles. The summed E-state index contributed by atoms with van der Waals surface area (Å²) in [5, 5.41) is 10.2. The Morgan fingerprint density at radius 1 is 0.760 bits per heavy atom. The third-order valence-corrected chi connectivity index (χ3v) is 9.49. The smallest absolute Gasteiger partial charge is 0.168 e. The predicted octanol–water partition coefficient (Wildman–Crippen LogP) is 4.38. The second kappa shape index (κ2) is 5.94. The van der Waals surface area contributed by atoms with Crippen LogP contribution in [0.1, 0.15) is 71.6 Å². The highest BCUT2D eigenvalue weighted by Crippen LogP contribution is 2.64. The minimum Gasteiger partial charge on any atom is -0.393 e. The standard InChI is InChI=1S/C22H36O3/c1-21-10-9-15(23)13-14(21)3-4-17-16-5-8-20(18(16)6-7-19(17)21)22(2)24-11-12-25-22/h14-20,23H,3-13H2,1-2H3/t14-,15+,16?,17?,18+,19?,20+,21+/m1/s1. The number of ether oxygens (including phenoxy) is 2. The van der Waals surface area contributed by atoms with Gasteiger partial charge in [0, 0.05) is 5.92 Å². The van der Waals surface area contributed by atoms with E-state index in [2.05, 4.69) is 13.8 Å². The van der Waals surface area contributed by atoms with E-state index >= 15 is 0 Å². The summed E-state index contributed by atoms with van der Waals surface area (Å²) in [5.74, 6) is 4.62. The van der Waals surface area contributed by atoms with E-state index in [9.17, 15) is 5.11 Å². The van der Waals surface area contributed by atoms with Crippen molar-refractivity contribution in [1.82, 2.24) is 0 Å². The van der Waals surface area contributed by atoms with Crippen LogP contribution in [-0.4, -0.2) is 30.2 Å². The molecule has 0 aromatic carbocycles. The van der Waals surface area contributed by atoms with E-state index in [1.165, 1.54) is 44.9 Å². The van der Waals surface area contributed by atoms with Crippen LogP contribution in [0, 0.1) is 40.9 Å². The Morgan fingerprint density at radius 2 is 1.40 bits per heavy atom. The van der Waals surface area contributed by atoms with Gasteiger partial charge in [-0.15, -0.1) is 0 Å². The average molecular weight is 349 g/mol. The Bertz CT molecular complexity index is 513. The zero-order valence-corrected chi connectivity index (χ0v) is 16.1. The Kier molecular flexibility index (Phi) is 4.04. The fraction of sp³-hybridized carbons (Fsp3) is 1.00. The quantitative estimate of drug-likeness (QED) is 0.764. The van der Waals surface area contributed by atoms with Crippen LogP contribution in [0.3, 0.4) is 0 Å². The van der Waals surface area contributed by atoms with Crippen LogP contribution in [0.2, 0.25) is 0 Å². The van der Waals surface area contributed by atoms with Crippen LogP contribution in [-0.2, 0) is 9.47 Å². The molecule has 5 fully saturated rings. The fourth-order valence-electron chi connectivity index (χ4n) is 8.29. The van der Waals surface area contributed by atoms with Crippen molar-refractivity contribution in [3.8, 4) is 0 Å². The summed E-state index contributed by atoms with van der Waals surface area (Å²) in [6.45, 7) is 6.34. The molecule has 1 N–H and O–H groups in total. The highest BCUT2D eigenvalue weighted by Gasteiger charge is 2.59. The van der Waals surface area contributed by atoms with E-state index in [0.717, 1.165) is 55.6 Å². The molecule has 0 aromatic heterocycles. The zero-order chi connectivity index (χ0) is 17.2. The van der Waals surface area contributed by atoms with Crippen LogP contribution in [0.15, 0.2) is 0 Å². The number of fused-ring (bicyclic) bond motifs is 5. The lowest BCUT2D eigenvalue weighted by Gasteiger charge is -2.59. The molecule has 3 nitrogen and oxygen atoms in total. The number of aliphatic hydroxyl groups excluding tert-OH is 1. The van der Waals surface area contributed by atoms with Crippen molar-refractivity contribution in [3.63, 3.8) is 0 Å². The summed E-state index contributed by atoms with van der Waals surface area (Å²) < 4.78 is 12.2. The molecule has 0 aromatic rings. The summed E-state index contributed by atoms with van der Waals surface area (Å²) in [6.07, 6.45) is 11.6. The second-order valence-corrected chi connectivity index (χ2v) is 10.3. The molecule has 0 spiro atoms. The van der Waals surface area contributed by atoms with Gasteiger partial charge < -0.3 is 14.6 Å². The summed E-state index contributed by atoms with van der Waals surface area (Å²) in [7, 11) is 0. The average Bonchev–Trinajstić information content (AvgIpc) is 3.22. The number of hydrogen-bond donors (Lipinski definition) is 1. The predicted molar refractivity (Wildman–Crippen MR) is 96.9 cm³/mol. The Labute approximate surface area is 152 Å². The minimum absolute atomic E-state index is 0.0292. The van der Waals surface area contributed by atoms with E-state index in [0.29, 0.717) is 11.3 Å². The van der Waals surface area contributed by atoms with Crippen molar-refractivity contribution in [3.05, 3.63) is 0 Å². The molecule has 142 valence electrons. The molecule has 5 aliphatic rings. The molecule has 4 aliphatic carbocycles. The first-order chi connectivity index (χ1) is 12.0. The highest BCUT2D eigenvalue weighted by atomic mass is 16.7. The minimum atomic E-state index is -0.303. The maximum absolute atomic E-state index is 10.2. The molecule has 5 rings (SSSR count). The van der Waals surface area contributed by atoms with Crippen LogP contribution < -0.4 is 0 Å². The first-order valence-corrected chi connectivity index (χ1v) is 11.0. The molecule has 3 unspecified atom stereocenters. The summed E-state index contributed by atoms with van der Waals surface area (Å²) in [6, 6.07) is 0. The lowest BCUT2D eigenvalue weighted by molar-refractivity contribution is -0.198. The topological polar surface area (TPSA) is 38.7 Å². The first-order valence-electron chi connectivity index (χ1n) is 11.0. The molecule has 0 amide bonds. The van der Waals surface area contributed by atoms with Gasteiger partial charge in [-0.2, -0.15) is 0 Å². The van der Waals surface area contributed by atoms with Crippen molar-refractivity contribution in [2.75, 3.05) is 13.2 Å². The first kappa shape index (κ1) is 17.0. The van der Waals surface area contributed by atoms with E-state index in [-0.39, 0.29) is 11.9 Å². The summed E-state index contributed by atoms with van der Waals surface area (Å²) >= 11 is 0. The van der Waals surface area contributed by atoms with Gasteiger partial charge in [0.15, 0.2) is 5.79 Å². The fourth-order valence-corrected chi connectivity index (χ4v) is 8.29. The van der Waals surface area contributed by atoms with Gasteiger partial charge in [-0.3, -0.25) is 0 Å². The molecular formula is C22H36O3. The van der Waals surface area contributed by atoms with Gasteiger partial charge in [0.25, 0.3) is 0 Å². The van der Waals surface area contributed by atoms with Crippen LogP contribution in [0.5, 0.6) is 0 Å². The van der Waals surface area contributed by atoms with Crippen molar-refractivity contribution >= 4 is 0 Å². The highest BCUT2D eigenvalue weighted by molar-refractivity contribution is 5.07. The maximum atomic E-state index is 10.2. The van der Waals surface area contributed by atoms with Crippen molar-refractivity contribution < 1.29 is 14.6 Å². The molecule has 8 atom stereocenters. The Balaban J connectivity index is 1.37. The number of hydrogen-bond acceptors (Lipinski definition) is 3. The van der Waals surface area contributed by atoms with Gasteiger partial charge in [0.1, 0.15) is 0 Å². The van der Waals surface area contributed by atoms with Crippen LogP contribution in [0.4, 0.5) is 0 Å². The van der Waals surface area contributed by atoms with Crippen LogP contribution in [0.25, 0.3) is 0 Å². The molecule has 3 heteroatoms. The number of rotatable bonds is 1. The normalized spacial score (nSPS) is 54.6.